The maximum atomic E-state index is 10.5. The molecule has 1 N–H and O–H groups in total. The van der Waals surface area contributed by atoms with Gasteiger partial charge in [-0.1, -0.05) is 30.0 Å². The number of benzene rings is 1. The number of thioether (sulfide) groups is 1. The highest BCUT2D eigenvalue weighted by molar-refractivity contribution is 7.99. The first kappa shape index (κ1) is 18.7. The summed E-state index contributed by atoms with van der Waals surface area (Å²) < 4.78 is 2.90. The van der Waals surface area contributed by atoms with E-state index in [4.69, 9.17) is 0 Å². The van der Waals surface area contributed by atoms with Crippen LogP contribution in [0.3, 0.4) is 0 Å². The molecule has 4 rings (SSSR count). The first-order chi connectivity index (χ1) is 13.7. The Labute approximate surface area is 173 Å². The molecule has 3 aromatic heterocycles. The number of aliphatic hydroxyl groups is 1. The molecule has 0 spiro atoms. The van der Waals surface area contributed by atoms with Crippen molar-refractivity contribution in [3.63, 3.8) is 0 Å². The van der Waals surface area contributed by atoms with E-state index in [0.717, 1.165) is 22.5 Å². The molecule has 0 aliphatic heterocycles. The molecule has 0 bridgehead atoms. The number of fused-ring (bicyclic) bond motifs is 1. The van der Waals surface area contributed by atoms with Crippen LogP contribution < -0.4 is 0 Å². The van der Waals surface area contributed by atoms with Crippen LogP contribution in [0.25, 0.3) is 15.8 Å². The molecule has 1 aromatic carbocycles. The van der Waals surface area contributed by atoms with Crippen LogP contribution in [0.5, 0.6) is 0 Å². The van der Waals surface area contributed by atoms with Crippen molar-refractivity contribution in [3.05, 3.63) is 63.2 Å². The van der Waals surface area contributed by atoms with Gasteiger partial charge in [0, 0.05) is 18.3 Å². The van der Waals surface area contributed by atoms with E-state index in [-0.39, 0.29) is 17.1 Å². The summed E-state index contributed by atoms with van der Waals surface area (Å²) >= 11 is 4.42. The summed E-state index contributed by atoms with van der Waals surface area (Å²) in [5.74, 6) is 1.08. The van der Waals surface area contributed by atoms with Crippen LogP contribution in [0, 0.1) is 11.3 Å². The molecule has 9 heteroatoms. The second-order valence-electron chi connectivity index (χ2n) is 5.92. The highest BCUT2D eigenvalue weighted by Crippen LogP contribution is 2.29. The van der Waals surface area contributed by atoms with Crippen molar-refractivity contribution >= 4 is 50.2 Å². The third-order valence-corrected chi connectivity index (χ3v) is 7.05. The Hall–Kier alpha value is -2.67. The van der Waals surface area contributed by atoms with Crippen molar-refractivity contribution in [2.24, 2.45) is 7.05 Å². The number of thiazole rings is 1. The Morgan fingerprint density at radius 1 is 1.25 bits per heavy atom. The minimum atomic E-state index is -0.00522. The fourth-order valence-corrected chi connectivity index (χ4v) is 5.11. The molecule has 0 amide bonds. The van der Waals surface area contributed by atoms with E-state index < -0.39 is 0 Å². The summed E-state index contributed by atoms with van der Waals surface area (Å²) in [4.78, 5) is 5.68. The largest absolute Gasteiger partial charge is 0.510 e. The third-order valence-electron chi connectivity index (χ3n) is 4.08. The second-order valence-corrected chi connectivity index (χ2v) is 8.93. The first-order valence-corrected chi connectivity index (χ1v) is 11.1. The lowest BCUT2D eigenvalue weighted by molar-refractivity contribution is 0.420. The zero-order valence-corrected chi connectivity index (χ0v) is 17.3. The summed E-state index contributed by atoms with van der Waals surface area (Å²) in [6.45, 7) is 0. The number of aliphatic hydroxyl groups excluding tert-OH is 1. The lowest BCUT2D eigenvalue weighted by atomic mass is 10.2. The van der Waals surface area contributed by atoms with Crippen LogP contribution >= 0.6 is 34.4 Å². The zero-order chi connectivity index (χ0) is 19.5. The van der Waals surface area contributed by atoms with Gasteiger partial charge in [0.15, 0.2) is 5.16 Å². The van der Waals surface area contributed by atoms with Crippen LogP contribution in [-0.4, -0.2) is 30.6 Å². The Morgan fingerprint density at radius 3 is 2.86 bits per heavy atom. The van der Waals surface area contributed by atoms with Gasteiger partial charge in [-0.2, -0.15) is 5.26 Å². The molecule has 0 fully saturated rings. The van der Waals surface area contributed by atoms with E-state index in [1.807, 2.05) is 47.3 Å². The topological polar surface area (TPSA) is 87.6 Å². The fraction of sp³-hybridized carbons (Fsp3) is 0.158. The molecule has 0 unspecified atom stereocenters. The summed E-state index contributed by atoms with van der Waals surface area (Å²) in [5, 5.41) is 31.7. The molecular weight excluding hydrogens is 410 g/mol. The first-order valence-electron chi connectivity index (χ1n) is 8.37. The van der Waals surface area contributed by atoms with Crippen molar-refractivity contribution in [3.8, 4) is 6.07 Å². The van der Waals surface area contributed by atoms with Gasteiger partial charge in [0.1, 0.15) is 28.2 Å². The number of hydrogen-bond donors (Lipinski definition) is 1. The number of allylic oxidation sites excluding steroid dienone is 1. The van der Waals surface area contributed by atoms with Gasteiger partial charge in [-0.15, -0.1) is 32.9 Å². The number of para-hydroxylation sites is 1. The van der Waals surface area contributed by atoms with Gasteiger partial charge in [0.25, 0.3) is 0 Å². The minimum absolute atomic E-state index is 0.00522. The van der Waals surface area contributed by atoms with Gasteiger partial charge in [0.2, 0.25) is 0 Å². The average molecular weight is 426 g/mol. The molecule has 0 atom stereocenters. The Bertz CT molecular complexity index is 1150. The molecule has 0 saturated heterocycles. The Morgan fingerprint density at radius 2 is 2.11 bits per heavy atom. The van der Waals surface area contributed by atoms with E-state index in [1.54, 1.807) is 11.3 Å². The van der Waals surface area contributed by atoms with Crippen LogP contribution in [0.15, 0.2) is 52.7 Å². The second kappa shape index (κ2) is 8.14. The molecule has 0 aliphatic carbocycles. The van der Waals surface area contributed by atoms with Crippen LogP contribution in [-0.2, 0) is 13.5 Å². The van der Waals surface area contributed by atoms with Gasteiger partial charge >= 0.3 is 0 Å². The minimum Gasteiger partial charge on any atom is -0.510 e. The Balaban J connectivity index is 1.51. The number of hydrogen-bond acceptors (Lipinski definition) is 8. The van der Waals surface area contributed by atoms with Crippen LogP contribution in [0.2, 0.25) is 0 Å². The molecule has 3 heterocycles. The molecule has 140 valence electrons. The molecular formula is C19H15N5OS3. The van der Waals surface area contributed by atoms with Crippen molar-refractivity contribution in [2.45, 2.75) is 11.6 Å². The normalized spacial score (nSPS) is 12.1. The van der Waals surface area contributed by atoms with Crippen LogP contribution in [0.4, 0.5) is 0 Å². The van der Waals surface area contributed by atoms with Crippen molar-refractivity contribution in [2.75, 3.05) is 5.75 Å². The number of aromatic nitrogens is 4. The number of nitriles is 1. The Kier molecular flexibility index (Phi) is 5.43. The van der Waals surface area contributed by atoms with Gasteiger partial charge in [-0.3, -0.25) is 0 Å². The summed E-state index contributed by atoms with van der Waals surface area (Å²) in [6.07, 6.45) is 0.721. The molecule has 0 aliphatic rings. The quantitative estimate of drug-likeness (QED) is 0.275. The highest BCUT2D eigenvalue weighted by Gasteiger charge is 2.16. The summed E-state index contributed by atoms with van der Waals surface area (Å²) in [7, 11) is 1.91. The van der Waals surface area contributed by atoms with E-state index in [2.05, 4.69) is 27.3 Å². The van der Waals surface area contributed by atoms with Gasteiger partial charge < -0.3 is 9.67 Å². The summed E-state index contributed by atoms with van der Waals surface area (Å²) in [5.41, 5.74) is 1.02. The van der Waals surface area contributed by atoms with Crippen LogP contribution in [0.1, 0.15) is 15.7 Å². The summed E-state index contributed by atoms with van der Waals surface area (Å²) in [6, 6.07) is 13.8. The zero-order valence-electron chi connectivity index (χ0n) is 14.9. The highest BCUT2D eigenvalue weighted by atomic mass is 32.2. The number of thiophene rings is 1. The predicted molar refractivity (Wildman–Crippen MR) is 114 cm³/mol. The van der Waals surface area contributed by atoms with E-state index >= 15 is 0 Å². The SMILES string of the molecule is Cn1c(Cc2cccs2)nnc1SC/C(O)=C(\C#N)c1nc2ccccc2s1. The lowest BCUT2D eigenvalue weighted by Gasteiger charge is -2.04. The molecule has 28 heavy (non-hydrogen) atoms. The van der Waals surface area contributed by atoms with Gasteiger partial charge in [-0.25, -0.2) is 4.98 Å². The molecule has 0 saturated carbocycles. The van der Waals surface area contributed by atoms with E-state index in [9.17, 15) is 10.4 Å². The molecule has 4 aromatic rings. The van der Waals surface area contributed by atoms with Gasteiger partial charge in [-0.05, 0) is 23.6 Å². The van der Waals surface area contributed by atoms with Crippen molar-refractivity contribution in [1.29, 1.82) is 5.26 Å². The third kappa shape index (κ3) is 3.80. The predicted octanol–water partition coefficient (Wildman–Crippen LogP) is 4.66. The maximum Gasteiger partial charge on any atom is 0.191 e. The van der Waals surface area contributed by atoms with E-state index in [1.165, 1.54) is 28.0 Å². The smallest absolute Gasteiger partial charge is 0.191 e. The fourth-order valence-electron chi connectivity index (χ4n) is 2.61. The molecule has 6 nitrogen and oxygen atoms in total. The van der Waals surface area contributed by atoms with Gasteiger partial charge in [0.05, 0.1) is 16.0 Å². The van der Waals surface area contributed by atoms with Crippen molar-refractivity contribution in [1.82, 2.24) is 19.7 Å². The number of nitrogens with zero attached hydrogens (tertiary/aromatic N) is 5. The maximum absolute atomic E-state index is 10.5. The number of rotatable bonds is 6. The average Bonchev–Trinajstić information content (AvgIpc) is 3.43. The van der Waals surface area contributed by atoms with Crippen molar-refractivity contribution < 1.29 is 5.11 Å². The standard InChI is InChI=1S/C19H15N5OS3/c1-24-17(9-12-5-4-8-26-12)22-23-19(24)27-11-15(25)13(10-20)18-21-14-6-2-3-7-16(14)28-18/h2-8,25H,9,11H2,1H3/b15-13-. The lowest BCUT2D eigenvalue weighted by Crippen LogP contribution is -2.00. The van der Waals surface area contributed by atoms with E-state index in [0.29, 0.717) is 10.2 Å². The molecule has 0 radical (unpaired) electrons. The monoisotopic (exact) mass is 425 g/mol.